The summed E-state index contributed by atoms with van der Waals surface area (Å²) >= 11 is 12.7. The Bertz CT molecular complexity index is 1580. The molecule has 2 N–H and O–H groups in total. The van der Waals surface area contributed by atoms with Crippen LogP contribution < -0.4 is 10.1 Å². The van der Waals surface area contributed by atoms with Crippen molar-refractivity contribution in [2.24, 2.45) is 5.92 Å². The molecule has 0 unspecified atom stereocenters. The minimum absolute atomic E-state index is 0.267. The van der Waals surface area contributed by atoms with Gasteiger partial charge in [-0.2, -0.15) is 5.26 Å². The summed E-state index contributed by atoms with van der Waals surface area (Å²) in [5, 5.41) is 24.3. The number of fused-ring (bicyclic) bond motifs is 1. The van der Waals surface area contributed by atoms with Crippen LogP contribution in [0.25, 0.3) is 22.3 Å². The van der Waals surface area contributed by atoms with Gasteiger partial charge in [0.15, 0.2) is 0 Å². The molecule has 2 aromatic carbocycles. The van der Waals surface area contributed by atoms with Crippen LogP contribution in [0.4, 0.5) is 11.4 Å². The summed E-state index contributed by atoms with van der Waals surface area (Å²) in [6, 6.07) is 16.9. The van der Waals surface area contributed by atoms with Gasteiger partial charge in [0.1, 0.15) is 23.1 Å². The van der Waals surface area contributed by atoms with Crippen LogP contribution in [0.3, 0.4) is 0 Å². The van der Waals surface area contributed by atoms with Gasteiger partial charge < -0.3 is 15.2 Å². The number of carbonyl (C=O) groups is 1. The zero-order chi connectivity index (χ0) is 27.5. The number of nitriles is 1. The lowest BCUT2D eigenvalue weighted by Crippen LogP contribution is -2.35. The van der Waals surface area contributed by atoms with Gasteiger partial charge in [-0.25, -0.2) is 4.98 Å². The van der Waals surface area contributed by atoms with Crippen LogP contribution in [-0.4, -0.2) is 46.1 Å². The molecule has 0 bridgehead atoms. The molecule has 0 aliphatic carbocycles. The molecule has 5 rings (SSSR count). The molecule has 3 heterocycles. The van der Waals surface area contributed by atoms with Gasteiger partial charge in [-0.3, -0.25) is 14.7 Å². The number of rotatable bonds is 7. The molecule has 39 heavy (non-hydrogen) atoms. The van der Waals surface area contributed by atoms with Gasteiger partial charge in [0, 0.05) is 24.2 Å². The molecule has 8 nitrogen and oxygen atoms in total. The van der Waals surface area contributed by atoms with Crippen molar-refractivity contribution < 1.29 is 14.6 Å². The Morgan fingerprint density at radius 3 is 2.62 bits per heavy atom. The number of hydrogen-bond donors (Lipinski definition) is 2. The Morgan fingerprint density at radius 1 is 1.18 bits per heavy atom. The minimum Gasteiger partial charge on any atom is -0.495 e. The molecule has 1 aliphatic rings. The molecule has 1 aliphatic heterocycles. The third-order valence-corrected chi connectivity index (χ3v) is 7.52. The standard InChI is InChI=1S/C29H25Cl2N5O3/c1-39-26-13-25(21(30)12-22(26)31)35-27-19-4-2-3-5-23(19)34-28(20(27)14-32)24-7-6-17(15-33-24)16-36-10-8-18(9-11-36)29(37)38/h2-7,12-13,15,18H,8-11,16H2,1H3,(H,34,35)(H,37,38). The molecule has 0 atom stereocenters. The van der Waals surface area contributed by atoms with Crippen molar-refractivity contribution in [2.45, 2.75) is 19.4 Å². The number of pyridine rings is 2. The lowest BCUT2D eigenvalue weighted by Gasteiger charge is -2.29. The van der Waals surface area contributed by atoms with Crippen molar-refractivity contribution in [1.82, 2.24) is 14.9 Å². The number of nitrogens with one attached hydrogen (secondary N) is 1. The number of benzene rings is 2. The molecule has 0 saturated carbocycles. The van der Waals surface area contributed by atoms with E-state index in [0.29, 0.717) is 69.0 Å². The molecule has 2 aromatic heterocycles. The van der Waals surface area contributed by atoms with Crippen LogP contribution in [0, 0.1) is 17.2 Å². The molecular weight excluding hydrogens is 537 g/mol. The van der Waals surface area contributed by atoms with Gasteiger partial charge in [-0.1, -0.05) is 47.5 Å². The molecule has 4 aromatic rings. The zero-order valence-electron chi connectivity index (χ0n) is 21.1. The number of likely N-dealkylation sites (tertiary alicyclic amines) is 1. The number of para-hydroxylation sites is 1. The molecule has 10 heteroatoms. The molecule has 1 saturated heterocycles. The fourth-order valence-corrected chi connectivity index (χ4v) is 5.31. The molecule has 1 fully saturated rings. The van der Waals surface area contributed by atoms with E-state index in [1.165, 1.54) is 7.11 Å². The Kier molecular flexibility index (Phi) is 7.84. The van der Waals surface area contributed by atoms with E-state index in [1.54, 1.807) is 18.3 Å². The number of nitrogens with zero attached hydrogens (tertiary/aromatic N) is 4. The minimum atomic E-state index is -0.719. The van der Waals surface area contributed by atoms with E-state index in [4.69, 9.17) is 32.9 Å². The van der Waals surface area contributed by atoms with E-state index >= 15 is 0 Å². The molecule has 198 valence electrons. The summed E-state index contributed by atoms with van der Waals surface area (Å²) in [5.74, 6) is -0.537. The maximum Gasteiger partial charge on any atom is 0.306 e. The number of ether oxygens (including phenoxy) is 1. The van der Waals surface area contributed by atoms with E-state index in [9.17, 15) is 15.2 Å². The Balaban J connectivity index is 1.48. The highest BCUT2D eigenvalue weighted by Gasteiger charge is 2.24. The predicted octanol–water partition coefficient (Wildman–Crippen LogP) is 6.52. The Hall–Kier alpha value is -3.90. The second-order valence-electron chi connectivity index (χ2n) is 9.37. The first-order chi connectivity index (χ1) is 18.9. The van der Waals surface area contributed by atoms with Crippen molar-refractivity contribution in [1.29, 1.82) is 5.26 Å². The Morgan fingerprint density at radius 2 is 1.95 bits per heavy atom. The number of carboxylic acid groups (broad SMARTS) is 1. The predicted molar refractivity (Wildman–Crippen MR) is 152 cm³/mol. The third kappa shape index (κ3) is 5.62. The number of piperidine rings is 1. The van der Waals surface area contributed by atoms with Crippen LogP contribution in [0.2, 0.25) is 10.0 Å². The highest BCUT2D eigenvalue weighted by molar-refractivity contribution is 6.37. The maximum atomic E-state index is 11.2. The van der Waals surface area contributed by atoms with Crippen LogP contribution in [0.15, 0.2) is 54.7 Å². The quantitative estimate of drug-likeness (QED) is 0.262. The topological polar surface area (TPSA) is 111 Å². The molecular formula is C29H25Cl2N5O3. The highest BCUT2D eigenvalue weighted by Crippen LogP contribution is 2.39. The van der Waals surface area contributed by atoms with Gasteiger partial charge in [0.2, 0.25) is 0 Å². The van der Waals surface area contributed by atoms with Crippen LogP contribution >= 0.6 is 23.2 Å². The van der Waals surface area contributed by atoms with Crippen molar-refractivity contribution in [3.05, 3.63) is 75.9 Å². The summed E-state index contributed by atoms with van der Waals surface area (Å²) in [7, 11) is 1.52. The highest BCUT2D eigenvalue weighted by atomic mass is 35.5. The molecule has 0 amide bonds. The smallest absolute Gasteiger partial charge is 0.306 e. The van der Waals surface area contributed by atoms with Crippen LogP contribution in [0.5, 0.6) is 5.75 Å². The fourth-order valence-electron chi connectivity index (χ4n) is 4.81. The van der Waals surface area contributed by atoms with Gasteiger partial charge >= 0.3 is 5.97 Å². The van der Waals surface area contributed by atoms with Crippen LogP contribution in [0.1, 0.15) is 24.0 Å². The van der Waals surface area contributed by atoms with E-state index in [1.807, 2.05) is 36.4 Å². The number of aromatic nitrogens is 2. The van der Waals surface area contributed by atoms with Crippen molar-refractivity contribution in [2.75, 3.05) is 25.5 Å². The number of methoxy groups -OCH3 is 1. The first-order valence-electron chi connectivity index (χ1n) is 12.4. The number of hydrogen-bond acceptors (Lipinski definition) is 7. The lowest BCUT2D eigenvalue weighted by atomic mass is 9.97. The largest absolute Gasteiger partial charge is 0.495 e. The zero-order valence-corrected chi connectivity index (χ0v) is 22.6. The number of anilines is 2. The second kappa shape index (κ2) is 11.5. The number of aliphatic carboxylic acids is 1. The third-order valence-electron chi connectivity index (χ3n) is 6.92. The van der Waals surface area contributed by atoms with E-state index < -0.39 is 5.97 Å². The monoisotopic (exact) mass is 561 g/mol. The lowest BCUT2D eigenvalue weighted by molar-refractivity contribution is -0.143. The van der Waals surface area contributed by atoms with Gasteiger partial charge in [0.25, 0.3) is 0 Å². The van der Waals surface area contributed by atoms with Crippen LogP contribution in [-0.2, 0) is 11.3 Å². The fraction of sp³-hybridized carbons (Fsp3) is 0.241. The SMILES string of the molecule is COc1cc(Nc2c(C#N)c(-c3ccc(CN4CCC(C(=O)O)CC4)cn3)nc3ccccc23)c(Cl)cc1Cl. The van der Waals surface area contributed by atoms with E-state index in [-0.39, 0.29) is 5.92 Å². The second-order valence-corrected chi connectivity index (χ2v) is 10.2. The maximum absolute atomic E-state index is 11.2. The van der Waals surface area contributed by atoms with Crippen molar-refractivity contribution in [3.8, 4) is 23.2 Å². The van der Waals surface area contributed by atoms with E-state index in [0.717, 1.165) is 24.0 Å². The first-order valence-corrected chi connectivity index (χ1v) is 13.2. The Labute approximate surface area is 235 Å². The van der Waals surface area contributed by atoms with Gasteiger partial charge in [-0.05, 0) is 49.7 Å². The van der Waals surface area contributed by atoms with Crippen molar-refractivity contribution in [3.63, 3.8) is 0 Å². The van der Waals surface area contributed by atoms with Gasteiger partial charge in [0.05, 0.1) is 45.7 Å². The summed E-state index contributed by atoms with van der Waals surface area (Å²) < 4.78 is 5.35. The summed E-state index contributed by atoms with van der Waals surface area (Å²) in [6.07, 6.45) is 3.07. The normalized spacial score (nSPS) is 14.2. The average molecular weight is 562 g/mol. The molecule has 0 radical (unpaired) electrons. The molecule has 0 spiro atoms. The van der Waals surface area contributed by atoms with E-state index in [2.05, 4.69) is 21.3 Å². The summed E-state index contributed by atoms with van der Waals surface area (Å²) in [6.45, 7) is 2.15. The first kappa shape index (κ1) is 26.7. The van der Waals surface area contributed by atoms with Crippen molar-refractivity contribution >= 4 is 51.4 Å². The summed E-state index contributed by atoms with van der Waals surface area (Å²) in [4.78, 5) is 22.9. The number of halogens is 2. The number of carboxylic acids is 1. The van der Waals surface area contributed by atoms with Gasteiger partial charge in [-0.15, -0.1) is 0 Å². The summed E-state index contributed by atoms with van der Waals surface area (Å²) in [5.41, 5.74) is 4.12. The average Bonchev–Trinajstić information content (AvgIpc) is 2.95.